The number of benzene rings is 1. The highest BCUT2D eigenvalue weighted by Crippen LogP contribution is 2.41. The van der Waals surface area contributed by atoms with Crippen LogP contribution in [-0.4, -0.2) is 11.8 Å². The van der Waals surface area contributed by atoms with Gasteiger partial charge in [-0.15, -0.1) is 0 Å². The maximum absolute atomic E-state index is 6.55. The lowest BCUT2D eigenvalue weighted by molar-refractivity contribution is -0.0473. The first kappa shape index (κ1) is 30.7. The molecule has 0 amide bonds. The van der Waals surface area contributed by atoms with Gasteiger partial charge in [0.15, 0.2) is 0 Å². The molecule has 0 radical (unpaired) electrons. The van der Waals surface area contributed by atoms with E-state index in [1.54, 1.807) is 0 Å². The zero-order valence-electron chi connectivity index (χ0n) is 25.2. The average Bonchev–Trinajstić information content (AvgIpc) is 2.84. The summed E-state index contributed by atoms with van der Waals surface area (Å²) >= 11 is 0. The molecular formula is C34H51NO2. The van der Waals surface area contributed by atoms with Gasteiger partial charge in [0.05, 0.1) is 0 Å². The Balaban J connectivity index is 2.45. The van der Waals surface area contributed by atoms with Crippen molar-refractivity contribution in [3.05, 3.63) is 77.6 Å². The van der Waals surface area contributed by atoms with Crippen LogP contribution in [0.15, 0.2) is 71.5 Å². The minimum Gasteiger partial charge on any atom is -0.456 e. The lowest BCUT2D eigenvalue weighted by atomic mass is 9.84. The van der Waals surface area contributed by atoms with E-state index in [1.165, 1.54) is 11.1 Å². The maximum Gasteiger partial charge on any atom is 0.308 e. The molecule has 3 nitrogen and oxygen atoms in total. The van der Waals surface area contributed by atoms with Crippen molar-refractivity contribution in [1.29, 1.82) is 0 Å². The van der Waals surface area contributed by atoms with Crippen LogP contribution >= 0.6 is 0 Å². The lowest BCUT2D eigenvalue weighted by Crippen LogP contribution is -2.34. The van der Waals surface area contributed by atoms with E-state index in [2.05, 4.69) is 113 Å². The van der Waals surface area contributed by atoms with Crippen molar-refractivity contribution in [2.75, 3.05) is 0 Å². The molecule has 37 heavy (non-hydrogen) atoms. The fourth-order valence-electron chi connectivity index (χ4n) is 4.33. The Labute approximate surface area is 227 Å². The summed E-state index contributed by atoms with van der Waals surface area (Å²) in [5.41, 5.74) is 5.40. The summed E-state index contributed by atoms with van der Waals surface area (Å²) in [6, 6.07) is 8.47. The van der Waals surface area contributed by atoms with Gasteiger partial charge in [0, 0.05) is 22.5 Å². The lowest BCUT2D eigenvalue weighted by Gasteiger charge is -2.38. The molecule has 0 N–H and O–H groups in total. The fraction of sp³-hybridized carbons (Fsp3) is 0.559. The SMILES string of the molecule is C=Cc1ccccc1CCC/C(C)=N/C(=C1/OC(C(C)(C)C)=CC(C(C)(C)C)O1)C(C)C(=C)C(C)CC. The van der Waals surface area contributed by atoms with Gasteiger partial charge in [-0.3, -0.25) is 4.99 Å². The van der Waals surface area contributed by atoms with Gasteiger partial charge in [-0.25, -0.2) is 0 Å². The number of aryl methyl sites for hydroxylation is 1. The number of rotatable bonds is 10. The van der Waals surface area contributed by atoms with Crippen LogP contribution in [0.1, 0.15) is 99.6 Å². The van der Waals surface area contributed by atoms with Crippen molar-refractivity contribution in [2.45, 2.75) is 101 Å². The third kappa shape index (κ3) is 8.48. The first-order chi connectivity index (χ1) is 17.2. The molecule has 0 saturated heterocycles. The Morgan fingerprint density at radius 3 is 2.32 bits per heavy atom. The molecule has 3 heteroatoms. The van der Waals surface area contributed by atoms with Crippen LogP contribution in [0.3, 0.4) is 0 Å². The number of allylic oxidation sites excluding steroid dienone is 2. The van der Waals surface area contributed by atoms with Gasteiger partial charge < -0.3 is 9.47 Å². The number of hydrogen-bond acceptors (Lipinski definition) is 3. The molecule has 2 rings (SSSR count). The number of nitrogens with zero attached hydrogens (tertiary/aromatic N) is 1. The van der Waals surface area contributed by atoms with E-state index in [0.29, 0.717) is 11.9 Å². The molecule has 0 bridgehead atoms. The molecule has 0 spiro atoms. The normalized spacial score (nSPS) is 19.8. The Morgan fingerprint density at radius 1 is 1.11 bits per heavy atom. The van der Waals surface area contributed by atoms with Crippen molar-refractivity contribution in [3.63, 3.8) is 0 Å². The summed E-state index contributed by atoms with van der Waals surface area (Å²) in [5, 5.41) is 0. The van der Waals surface area contributed by atoms with E-state index < -0.39 is 0 Å². The third-order valence-corrected chi connectivity index (χ3v) is 7.32. The number of hydrogen-bond donors (Lipinski definition) is 0. The van der Waals surface area contributed by atoms with Crippen LogP contribution < -0.4 is 0 Å². The Bertz CT molecular complexity index is 1040. The quantitative estimate of drug-likeness (QED) is 0.234. The summed E-state index contributed by atoms with van der Waals surface area (Å²) in [6.07, 6.45) is 7.92. The highest BCUT2D eigenvalue weighted by Gasteiger charge is 2.36. The molecule has 1 aromatic carbocycles. The van der Waals surface area contributed by atoms with Gasteiger partial charge in [-0.1, -0.05) is 111 Å². The van der Waals surface area contributed by atoms with Crippen molar-refractivity contribution in [3.8, 4) is 0 Å². The van der Waals surface area contributed by atoms with Crippen LogP contribution in [0.4, 0.5) is 0 Å². The van der Waals surface area contributed by atoms with E-state index in [9.17, 15) is 0 Å². The van der Waals surface area contributed by atoms with Crippen LogP contribution in [-0.2, 0) is 15.9 Å². The summed E-state index contributed by atoms with van der Waals surface area (Å²) < 4.78 is 13.0. The van der Waals surface area contributed by atoms with Gasteiger partial charge >= 0.3 is 5.95 Å². The topological polar surface area (TPSA) is 30.8 Å². The maximum atomic E-state index is 6.55. The summed E-state index contributed by atoms with van der Waals surface area (Å²) in [7, 11) is 0. The van der Waals surface area contributed by atoms with E-state index in [-0.39, 0.29) is 22.9 Å². The Morgan fingerprint density at radius 2 is 1.76 bits per heavy atom. The first-order valence-corrected chi connectivity index (χ1v) is 13.9. The predicted octanol–water partition coefficient (Wildman–Crippen LogP) is 9.91. The molecule has 3 unspecified atom stereocenters. The number of ether oxygens (including phenoxy) is 2. The average molecular weight is 506 g/mol. The highest BCUT2D eigenvalue weighted by molar-refractivity contribution is 5.83. The molecule has 1 aromatic rings. The molecule has 1 heterocycles. The van der Waals surface area contributed by atoms with Crippen molar-refractivity contribution in [1.82, 2.24) is 0 Å². The monoisotopic (exact) mass is 505 g/mol. The summed E-state index contributed by atoms with van der Waals surface area (Å²) in [4.78, 5) is 5.18. The molecule has 0 fully saturated rings. The zero-order valence-corrected chi connectivity index (χ0v) is 25.2. The van der Waals surface area contributed by atoms with Crippen LogP contribution in [0, 0.1) is 22.7 Å². The third-order valence-electron chi connectivity index (χ3n) is 7.32. The van der Waals surface area contributed by atoms with Crippen LogP contribution in [0.5, 0.6) is 0 Å². The molecule has 3 atom stereocenters. The zero-order chi connectivity index (χ0) is 28.0. The van der Waals surface area contributed by atoms with E-state index in [4.69, 9.17) is 14.5 Å². The summed E-state index contributed by atoms with van der Waals surface area (Å²) in [5.74, 6) is 1.86. The minimum absolute atomic E-state index is 0.0151. The second-order valence-electron chi connectivity index (χ2n) is 12.7. The standard InChI is InChI=1S/C34H51NO2/c1-13-23(3)25(5)26(6)31(32-36-29(33(7,8)9)22-30(37-32)34(10,11)12)35-24(4)18-17-21-28-20-16-15-19-27(28)14-2/h14-16,19-20,22-23,26,29H,2,5,13,17-18,21H2,1,3-4,6-12H3/b32-31+,35-24+. The Kier molecular flexibility index (Phi) is 10.6. The van der Waals surface area contributed by atoms with Gasteiger partial charge in [0.25, 0.3) is 0 Å². The fourth-order valence-corrected chi connectivity index (χ4v) is 4.33. The van der Waals surface area contributed by atoms with Crippen molar-refractivity contribution < 1.29 is 9.47 Å². The van der Waals surface area contributed by atoms with Gasteiger partial charge in [-0.05, 0) is 55.7 Å². The van der Waals surface area contributed by atoms with Gasteiger partial charge in [0.1, 0.15) is 17.6 Å². The van der Waals surface area contributed by atoms with Crippen LogP contribution in [0.2, 0.25) is 0 Å². The van der Waals surface area contributed by atoms with Crippen LogP contribution in [0.25, 0.3) is 6.08 Å². The van der Waals surface area contributed by atoms with Gasteiger partial charge in [0.2, 0.25) is 0 Å². The predicted molar refractivity (Wildman–Crippen MR) is 160 cm³/mol. The smallest absolute Gasteiger partial charge is 0.308 e. The molecular weight excluding hydrogens is 454 g/mol. The molecule has 1 aliphatic heterocycles. The highest BCUT2D eigenvalue weighted by atomic mass is 16.7. The van der Waals surface area contributed by atoms with Crippen molar-refractivity contribution in [2.24, 2.45) is 27.7 Å². The van der Waals surface area contributed by atoms with Crippen molar-refractivity contribution >= 4 is 11.8 Å². The Hall–Kier alpha value is -2.55. The number of aliphatic imine (C=N–C) groups is 1. The second-order valence-corrected chi connectivity index (χ2v) is 12.7. The van der Waals surface area contributed by atoms with E-state index in [0.717, 1.165) is 48.4 Å². The molecule has 0 aromatic heterocycles. The molecule has 1 aliphatic rings. The van der Waals surface area contributed by atoms with E-state index >= 15 is 0 Å². The molecule has 0 saturated carbocycles. The molecule has 204 valence electrons. The molecule has 0 aliphatic carbocycles. The minimum atomic E-state index is -0.141. The largest absolute Gasteiger partial charge is 0.456 e. The second kappa shape index (κ2) is 12.8. The van der Waals surface area contributed by atoms with Gasteiger partial charge in [-0.2, -0.15) is 0 Å². The summed E-state index contributed by atoms with van der Waals surface area (Å²) in [6.45, 7) is 30.3. The first-order valence-electron chi connectivity index (χ1n) is 13.9. The van der Waals surface area contributed by atoms with E-state index in [1.807, 2.05) is 6.08 Å².